The van der Waals surface area contributed by atoms with Gasteiger partial charge in [0.2, 0.25) is 0 Å². The fraction of sp³-hybridized carbons (Fsp3) is 0.370. The van der Waals surface area contributed by atoms with Gasteiger partial charge < -0.3 is 4.90 Å². The van der Waals surface area contributed by atoms with Crippen molar-refractivity contribution in [3.63, 3.8) is 0 Å². The Bertz CT molecular complexity index is 2340. The minimum absolute atomic E-state index is 0.0988. The highest BCUT2D eigenvalue weighted by Gasteiger charge is 2.62. The van der Waals surface area contributed by atoms with E-state index in [1.54, 1.807) is 11.1 Å². The highest BCUT2D eigenvalue weighted by Crippen LogP contribution is 2.71. The van der Waals surface area contributed by atoms with Gasteiger partial charge in [-0.2, -0.15) is 0 Å². The maximum atomic E-state index is 2.69. The molecule has 1 atom stereocenters. The minimum Gasteiger partial charge on any atom is -0.309 e. The van der Waals surface area contributed by atoms with Crippen LogP contribution in [0, 0.1) is 23.7 Å². The van der Waals surface area contributed by atoms with Gasteiger partial charge in [-0.1, -0.05) is 137 Å². The third-order valence-electron chi connectivity index (χ3n) is 15.7. The summed E-state index contributed by atoms with van der Waals surface area (Å²) in [5.41, 5.74) is 17.4. The summed E-state index contributed by atoms with van der Waals surface area (Å²) >= 11 is 0. The maximum Gasteiger partial charge on any atom is 0.0621 e. The zero-order valence-corrected chi connectivity index (χ0v) is 33.2. The molecule has 0 amide bonds. The zero-order valence-electron chi connectivity index (χ0n) is 33.2. The molecule has 1 nitrogen and oxygen atoms in total. The Morgan fingerprint density at radius 1 is 0.545 bits per heavy atom. The van der Waals surface area contributed by atoms with Crippen LogP contribution < -0.4 is 4.90 Å². The number of anilines is 3. The first-order valence-corrected chi connectivity index (χ1v) is 21.4. The van der Waals surface area contributed by atoms with E-state index in [1.165, 1.54) is 101 Å². The molecule has 55 heavy (non-hydrogen) atoms. The minimum atomic E-state index is 0.0988. The molecule has 1 unspecified atom stereocenters. The second-order valence-electron chi connectivity index (χ2n) is 19.5. The molecule has 0 saturated heterocycles. The van der Waals surface area contributed by atoms with E-state index in [9.17, 15) is 0 Å². The Kier molecular flexibility index (Phi) is 7.47. The van der Waals surface area contributed by atoms with E-state index >= 15 is 0 Å². The van der Waals surface area contributed by atoms with Crippen LogP contribution in [0.5, 0.6) is 0 Å². The van der Waals surface area contributed by atoms with Crippen molar-refractivity contribution in [3.05, 3.63) is 161 Å². The molecule has 0 radical (unpaired) electrons. The Balaban J connectivity index is 1.20. The van der Waals surface area contributed by atoms with Crippen LogP contribution in [0.15, 0.2) is 133 Å². The smallest absolute Gasteiger partial charge is 0.0621 e. The molecule has 4 fully saturated rings. The molecule has 0 aromatic heterocycles. The van der Waals surface area contributed by atoms with E-state index in [-0.39, 0.29) is 16.2 Å². The number of nitrogens with zero attached hydrogens (tertiary/aromatic N) is 1. The van der Waals surface area contributed by atoms with Gasteiger partial charge in [-0.3, -0.25) is 0 Å². The second-order valence-corrected chi connectivity index (χ2v) is 19.5. The Labute approximate surface area is 329 Å². The summed E-state index contributed by atoms with van der Waals surface area (Å²) < 4.78 is 0. The first-order valence-electron chi connectivity index (χ1n) is 21.4. The van der Waals surface area contributed by atoms with E-state index in [0.29, 0.717) is 5.92 Å². The molecule has 0 heterocycles. The maximum absolute atomic E-state index is 2.69. The average Bonchev–Trinajstić information content (AvgIpc) is 3.50. The molecule has 1 spiro atoms. The van der Waals surface area contributed by atoms with Crippen molar-refractivity contribution in [3.8, 4) is 22.3 Å². The number of fused-ring (bicyclic) bond motifs is 4. The summed E-state index contributed by atoms with van der Waals surface area (Å²) in [6.07, 6.45) is 19.6. The molecule has 5 aromatic carbocycles. The fourth-order valence-corrected chi connectivity index (χ4v) is 13.1. The van der Waals surface area contributed by atoms with Crippen LogP contribution in [0.1, 0.15) is 113 Å². The summed E-state index contributed by atoms with van der Waals surface area (Å²) in [5, 5.41) is 0. The van der Waals surface area contributed by atoms with Gasteiger partial charge in [0.15, 0.2) is 0 Å². The highest BCUT2D eigenvalue weighted by molar-refractivity contribution is 6.02. The lowest BCUT2D eigenvalue weighted by atomic mass is 9.43. The van der Waals surface area contributed by atoms with Gasteiger partial charge in [0.25, 0.3) is 0 Å². The van der Waals surface area contributed by atoms with Crippen LogP contribution in [0.3, 0.4) is 0 Å². The highest BCUT2D eigenvalue weighted by atomic mass is 15.1. The number of hydrogen-bond acceptors (Lipinski definition) is 1. The van der Waals surface area contributed by atoms with E-state index < -0.39 is 0 Å². The molecule has 5 aromatic rings. The Hall–Kier alpha value is -4.62. The summed E-state index contributed by atoms with van der Waals surface area (Å²) in [6.45, 7) is 9.84. The third kappa shape index (κ3) is 4.97. The molecule has 1 heteroatoms. The number of rotatable bonds is 5. The summed E-state index contributed by atoms with van der Waals surface area (Å²) in [6, 6.07) is 43.2. The second kappa shape index (κ2) is 12.2. The lowest BCUT2D eigenvalue weighted by molar-refractivity contribution is -0.0399. The Morgan fingerprint density at radius 2 is 1.20 bits per heavy atom. The fourth-order valence-electron chi connectivity index (χ4n) is 13.1. The quantitative estimate of drug-likeness (QED) is 0.175. The first kappa shape index (κ1) is 33.7. The molecular formula is C54H55N. The average molecular weight is 718 g/mol. The molecule has 0 aliphatic heterocycles. The lowest BCUT2D eigenvalue weighted by Gasteiger charge is -2.61. The van der Waals surface area contributed by atoms with Gasteiger partial charge in [0, 0.05) is 33.8 Å². The summed E-state index contributed by atoms with van der Waals surface area (Å²) in [4.78, 5) is 2.69. The molecule has 4 saturated carbocycles. The van der Waals surface area contributed by atoms with Crippen LogP contribution in [-0.4, -0.2) is 0 Å². The largest absolute Gasteiger partial charge is 0.309 e. The standard InChI is InChI=1S/C54H55N/c1-52(2)27-28-53(3,4)49-34-43(23-25-47(49)52)55(42-21-19-38(20-22-42)37-13-7-5-8-14-37)51-44(39-15-9-6-10-16-39)24-26-48-50(51)45-17-11-12-18-46(45)54(48)40-30-35-29-36(32-40)33-41(54)31-35/h5-13,15-26,34-37,40-41H,14,27-33H2,1-4H3. The van der Waals surface area contributed by atoms with E-state index in [0.717, 1.165) is 30.1 Å². The zero-order chi connectivity index (χ0) is 37.1. The molecule has 7 aliphatic carbocycles. The van der Waals surface area contributed by atoms with Crippen LogP contribution in [0.2, 0.25) is 0 Å². The predicted octanol–water partition coefficient (Wildman–Crippen LogP) is 14.5. The molecule has 12 rings (SSSR count). The van der Waals surface area contributed by atoms with Crippen molar-refractivity contribution in [1.82, 2.24) is 0 Å². The van der Waals surface area contributed by atoms with Crippen molar-refractivity contribution in [1.29, 1.82) is 0 Å². The van der Waals surface area contributed by atoms with Gasteiger partial charge >= 0.3 is 0 Å². The lowest BCUT2D eigenvalue weighted by Crippen LogP contribution is -2.55. The van der Waals surface area contributed by atoms with Crippen LogP contribution in [-0.2, 0) is 16.2 Å². The number of allylic oxidation sites excluding steroid dienone is 4. The first-order chi connectivity index (χ1) is 26.7. The van der Waals surface area contributed by atoms with Crippen LogP contribution in [0.25, 0.3) is 22.3 Å². The van der Waals surface area contributed by atoms with Crippen LogP contribution >= 0.6 is 0 Å². The molecule has 4 bridgehead atoms. The summed E-state index contributed by atoms with van der Waals surface area (Å²) in [5.74, 6) is 3.70. The van der Waals surface area contributed by atoms with Gasteiger partial charge in [-0.15, -0.1) is 0 Å². The van der Waals surface area contributed by atoms with E-state index in [2.05, 4.69) is 166 Å². The predicted molar refractivity (Wildman–Crippen MR) is 231 cm³/mol. The monoisotopic (exact) mass is 717 g/mol. The van der Waals surface area contributed by atoms with Gasteiger partial charge in [0.1, 0.15) is 0 Å². The van der Waals surface area contributed by atoms with Crippen LogP contribution in [0.4, 0.5) is 17.1 Å². The molecule has 276 valence electrons. The van der Waals surface area contributed by atoms with Crippen molar-refractivity contribution in [2.45, 2.75) is 101 Å². The van der Waals surface area contributed by atoms with E-state index in [4.69, 9.17) is 0 Å². The third-order valence-corrected chi connectivity index (χ3v) is 15.7. The van der Waals surface area contributed by atoms with Crippen molar-refractivity contribution < 1.29 is 0 Å². The normalized spacial score (nSPS) is 28.5. The molecule has 0 N–H and O–H groups in total. The topological polar surface area (TPSA) is 3.24 Å². The van der Waals surface area contributed by atoms with Gasteiger partial charge in [-0.25, -0.2) is 0 Å². The van der Waals surface area contributed by atoms with Crippen molar-refractivity contribution >= 4 is 17.1 Å². The van der Waals surface area contributed by atoms with Crippen molar-refractivity contribution in [2.75, 3.05) is 4.90 Å². The number of hydrogen-bond donors (Lipinski definition) is 0. The molecular weight excluding hydrogens is 663 g/mol. The van der Waals surface area contributed by atoms with Crippen molar-refractivity contribution in [2.24, 2.45) is 23.7 Å². The SMILES string of the molecule is CC1(C)CCC(C)(C)c2cc(N(c3ccc(C4C=CC=CC4)cc3)c3c(-c4ccccc4)ccc4c3-c3ccccc3C43C4CC5CC(C4)CC3C5)ccc21. The van der Waals surface area contributed by atoms with Gasteiger partial charge in [0.05, 0.1) is 5.69 Å². The van der Waals surface area contributed by atoms with Gasteiger partial charge in [-0.05, 0) is 149 Å². The summed E-state index contributed by atoms with van der Waals surface area (Å²) in [7, 11) is 0. The molecule has 7 aliphatic rings. The number of benzene rings is 5. The Morgan fingerprint density at radius 3 is 1.91 bits per heavy atom. The van der Waals surface area contributed by atoms with E-state index in [1.807, 2.05) is 0 Å².